The van der Waals surface area contributed by atoms with Gasteiger partial charge in [0, 0.05) is 30.1 Å². The van der Waals surface area contributed by atoms with Crippen LogP contribution in [0, 0.1) is 13.8 Å². The molecule has 0 spiro atoms. The number of nitrogens with one attached hydrogen (secondary N) is 2. The molecule has 7 nitrogen and oxygen atoms in total. The van der Waals surface area contributed by atoms with Crippen LogP contribution in [0.15, 0.2) is 30.3 Å². The number of ether oxygens (including phenoxy) is 1. The fourth-order valence-corrected chi connectivity index (χ4v) is 2.68. The number of alkyl halides is 3. The van der Waals surface area contributed by atoms with Gasteiger partial charge in [-0.15, -0.1) is 13.2 Å². The van der Waals surface area contributed by atoms with Gasteiger partial charge in [0.1, 0.15) is 11.4 Å². The summed E-state index contributed by atoms with van der Waals surface area (Å²) >= 11 is 0. The van der Waals surface area contributed by atoms with Crippen LogP contribution in [0.25, 0.3) is 11.3 Å². The number of halogens is 3. The molecule has 10 heteroatoms. The minimum absolute atomic E-state index is 0.159. The highest BCUT2D eigenvalue weighted by Gasteiger charge is 2.31. The van der Waals surface area contributed by atoms with E-state index in [-0.39, 0.29) is 11.4 Å². The second-order valence-electron chi connectivity index (χ2n) is 5.87. The van der Waals surface area contributed by atoms with Gasteiger partial charge >= 0.3 is 6.36 Å². The van der Waals surface area contributed by atoms with Gasteiger partial charge in [-0.3, -0.25) is 14.6 Å². The van der Waals surface area contributed by atoms with Crippen LogP contribution < -0.4 is 10.1 Å². The van der Waals surface area contributed by atoms with E-state index < -0.39 is 18.0 Å². The quantitative estimate of drug-likeness (QED) is 0.726. The van der Waals surface area contributed by atoms with Crippen LogP contribution in [0.1, 0.15) is 21.9 Å². The third-order valence-electron chi connectivity index (χ3n) is 3.91. The van der Waals surface area contributed by atoms with Crippen LogP contribution in [0.3, 0.4) is 0 Å². The number of rotatable bonds is 4. The normalized spacial score (nSPS) is 11.5. The number of anilines is 1. The molecule has 0 saturated heterocycles. The van der Waals surface area contributed by atoms with Crippen molar-refractivity contribution < 1.29 is 22.7 Å². The number of carbonyl (C=O) groups excluding carboxylic acids is 1. The van der Waals surface area contributed by atoms with Gasteiger partial charge < -0.3 is 10.1 Å². The zero-order chi connectivity index (χ0) is 19.8. The van der Waals surface area contributed by atoms with Crippen LogP contribution >= 0.6 is 0 Å². The van der Waals surface area contributed by atoms with E-state index in [2.05, 4.69) is 25.3 Å². The van der Waals surface area contributed by atoms with Crippen LogP contribution in [0.4, 0.5) is 18.9 Å². The van der Waals surface area contributed by atoms with E-state index in [1.807, 2.05) is 20.9 Å². The summed E-state index contributed by atoms with van der Waals surface area (Å²) in [6, 6.07) is 6.58. The fourth-order valence-electron chi connectivity index (χ4n) is 2.68. The van der Waals surface area contributed by atoms with Gasteiger partial charge in [0.05, 0.1) is 11.4 Å². The van der Waals surface area contributed by atoms with Crippen molar-refractivity contribution in [2.45, 2.75) is 20.2 Å². The molecule has 0 bridgehead atoms. The zero-order valence-corrected chi connectivity index (χ0v) is 14.7. The number of carbonyl (C=O) groups is 1. The van der Waals surface area contributed by atoms with Gasteiger partial charge in [-0.05, 0) is 32.0 Å². The van der Waals surface area contributed by atoms with E-state index >= 15 is 0 Å². The standard InChI is InChI=1S/C17H16F3N5O2/c1-9-15(10(2)25(3)24-9)13-8-14(23-22-13)16(26)21-11-5-4-6-12(7-11)27-17(18,19)20/h4-8H,1-3H3,(H,21,26)(H,22,23). The fraction of sp³-hybridized carbons (Fsp3) is 0.235. The second-order valence-corrected chi connectivity index (χ2v) is 5.87. The average molecular weight is 379 g/mol. The van der Waals surface area contributed by atoms with Crippen LogP contribution in [-0.2, 0) is 7.05 Å². The molecule has 2 N–H and O–H groups in total. The highest BCUT2D eigenvalue weighted by atomic mass is 19.4. The second kappa shape index (κ2) is 6.78. The predicted molar refractivity (Wildman–Crippen MR) is 91.3 cm³/mol. The Morgan fingerprint density at radius 2 is 2.00 bits per heavy atom. The Bertz CT molecular complexity index is 991. The highest BCUT2D eigenvalue weighted by molar-refractivity contribution is 6.03. The van der Waals surface area contributed by atoms with Crippen molar-refractivity contribution in [2.24, 2.45) is 7.05 Å². The lowest BCUT2D eigenvalue weighted by Gasteiger charge is -2.10. The molecule has 3 aromatic rings. The summed E-state index contributed by atoms with van der Waals surface area (Å²) in [4.78, 5) is 12.4. The number of aromatic nitrogens is 4. The molecule has 142 valence electrons. The maximum atomic E-state index is 12.4. The largest absolute Gasteiger partial charge is 0.573 e. The number of H-pyrrole nitrogens is 1. The van der Waals surface area contributed by atoms with Gasteiger partial charge in [0.25, 0.3) is 5.91 Å². The Morgan fingerprint density at radius 3 is 2.63 bits per heavy atom. The molecule has 1 amide bonds. The van der Waals surface area contributed by atoms with Gasteiger partial charge in [0.2, 0.25) is 0 Å². The van der Waals surface area contributed by atoms with Crippen molar-refractivity contribution in [1.29, 1.82) is 0 Å². The topological polar surface area (TPSA) is 84.8 Å². The maximum absolute atomic E-state index is 12.4. The Labute approximate surface area is 152 Å². The molecular weight excluding hydrogens is 363 g/mol. The summed E-state index contributed by atoms with van der Waals surface area (Å²) in [5.41, 5.74) is 3.35. The summed E-state index contributed by atoms with van der Waals surface area (Å²) < 4.78 is 42.5. The number of nitrogens with zero attached hydrogens (tertiary/aromatic N) is 3. The van der Waals surface area contributed by atoms with Crippen LogP contribution in [-0.4, -0.2) is 32.2 Å². The summed E-state index contributed by atoms with van der Waals surface area (Å²) in [7, 11) is 1.81. The SMILES string of the molecule is Cc1nn(C)c(C)c1-c1cc(C(=O)Nc2cccc(OC(F)(F)F)c2)[nH]n1. The molecule has 0 saturated carbocycles. The summed E-state index contributed by atoms with van der Waals surface area (Å²) in [5, 5.41) is 13.6. The summed E-state index contributed by atoms with van der Waals surface area (Å²) in [6.45, 7) is 3.72. The first-order chi connectivity index (χ1) is 12.6. The monoisotopic (exact) mass is 379 g/mol. The van der Waals surface area contributed by atoms with Crippen molar-refractivity contribution in [3.05, 3.63) is 47.4 Å². The lowest BCUT2D eigenvalue weighted by Crippen LogP contribution is -2.17. The molecule has 0 unspecified atom stereocenters. The molecule has 0 aliphatic rings. The molecule has 0 aliphatic carbocycles. The molecular formula is C17H16F3N5O2. The van der Waals surface area contributed by atoms with Crippen LogP contribution in [0.5, 0.6) is 5.75 Å². The van der Waals surface area contributed by atoms with E-state index in [0.717, 1.165) is 29.1 Å². The first-order valence-electron chi connectivity index (χ1n) is 7.87. The molecule has 0 fully saturated rings. The molecule has 3 rings (SSSR count). The van der Waals surface area contributed by atoms with Gasteiger partial charge in [-0.25, -0.2) is 0 Å². The van der Waals surface area contributed by atoms with E-state index in [9.17, 15) is 18.0 Å². The third kappa shape index (κ3) is 4.10. The summed E-state index contributed by atoms with van der Waals surface area (Å²) in [6.07, 6.45) is -4.81. The Kier molecular flexibility index (Phi) is 4.64. The minimum atomic E-state index is -4.81. The van der Waals surface area contributed by atoms with Crippen molar-refractivity contribution in [3.63, 3.8) is 0 Å². The van der Waals surface area contributed by atoms with E-state index in [0.29, 0.717) is 5.69 Å². The zero-order valence-electron chi connectivity index (χ0n) is 14.7. The number of hydrogen-bond acceptors (Lipinski definition) is 4. The highest BCUT2D eigenvalue weighted by Crippen LogP contribution is 2.27. The van der Waals surface area contributed by atoms with Crippen molar-refractivity contribution in [1.82, 2.24) is 20.0 Å². The van der Waals surface area contributed by atoms with E-state index in [1.165, 1.54) is 12.1 Å². The third-order valence-corrected chi connectivity index (χ3v) is 3.91. The lowest BCUT2D eigenvalue weighted by molar-refractivity contribution is -0.274. The van der Waals surface area contributed by atoms with Crippen LogP contribution in [0.2, 0.25) is 0 Å². The van der Waals surface area contributed by atoms with E-state index in [1.54, 1.807) is 10.7 Å². The molecule has 2 aromatic heterocycles. The first kappa shape index (κ1) is 18.5. The number of amides is 1. The van der Waals surface area contributed by atoms with Crippen molar-refractivity contribution >= 4 is 11.6 Å². The van der Waals surface area contributed by atoms with Crippen molar-refractivity contribution in [3.8, 4) is 17.0 Å². The Morgan fingerprint density at radius 1 is 1.26 bits per heavy atom. The predicted octanol–water partition coefficient (Wildman–Crippen LogP) is 3.58. The molecule has 1 aromatic carbocycles. The molecule has 0 radical (unpaired) electrons. The van der Waals surface area contributed by atoms with E-state index in [4.69, 9.17) is 0 Å². The van der Waals surface area contributed by atoms with Gasteiger partial charge in [-0.2, -0.15) is 10.2 Å². The Hall–Kier alpha value is -3.30. The number of aromatic amines is 1. The first-order valence-corrected chi connectivity index (χ1v) is 7.87. The molecule has 0 atom stereocenters. The van der Waals surface area contributed by atoms with Gasteiger partial charge in [0.15, 0.2) is 0 Å². The molecule has 0 aliphatic heterocycles. The Balaban J connectivity index is 1.78. The maximum Gasteiger partial charge on any atom is 0.573 e. The van der Waals surface area contributed by atoms with Gasteiger partial charge in [-0.1, -0.05) is 6.07 Å². The van der Waals surface area contributed by atoms with Crippen molar-refractivity contribution in [2.75, 3.05) is 5.32 Å². The number of aryl methyl sites for hydroxylation is 2. The lowest BCUT2D eigenvalue weighted by atomic mass is 10.1. The molecule has 2 heterocycles. The number of hydrogen-bond donors (Lipinski definition) is 2. The molecule has 27 heavy (non-hydrogen) atoms. The summed E-state index contributed by atoms with van der Waals surface area (Å²) in [5.74, 6) is -0.968. The smallest absolute Gasteiger partial charge is 0.406 e. The number of benzene rings is 1. The minimum Gasteiger partial charge on any atom is -0.406 e. The average Bonchev–Trinajstić information content (AvgIpc) is 3.11.